The van der Waals surface area contributed by atoms with E-state index in [1.165, 1.54) is 6.07 Å². The minimum absolute atomic E-state index is 0.103. The maximum atomic E-state index is 12.1. The van der Waals surface area contributed by atoms with Gasteiger partial charge in [0.15, 0.2) is 0 Å². The number of amides is 1. The van der Waals surface area contributed by atoms with E-state index in [2.05, 4.69) is 10.3 Å². The molecule has 1 unspecified atom stereocenters. The van der Waals surface area contributed by atoms with E-state index >= 15 is 0 Å². The lowest BCUT2D eigenvalue weighted by Gasteiger charge is -2.14. The summed E-state index contributed by atoms with van der Waals surface area (Å²) < 4.78 is 22.3. The molecule has 20 heavy (non-hydrogen) atoms. The zero-order chi connectivity index (χ0) is 15.5. The molecule has 1 aromatic heterocycles. The minimum atomic E-state index is -3.13. The summed E-state index contributed by atoms with van der Waals surface area (Å²) in [4.78, 5) is 16.2. The van der Waals surface area contributed by atoms with Crippen LogP contribution in [0.2, 0.25) is 5.15 Å². The van der Waals surface area contributed by atoms with Crippen molar-refractivity contribution in [2.45, 2.75) is 32.7 Å². The molecule has 0 aliphatic rings. The predicted molar refractivity (Wildman–Crippen MR) is 80.0 cm³/mol. The number of aromatic nitrogens is 1. The molecule has 0 saturated carbocycles. The first kappa shape index (κ1) is 16.9. The van der Waals surface area contributed by atoms with Crippen LogP contribution in [0.1, 0.15) is 42.7 Å². The summed E-state index contributed by atoms with van der Waals surface area (Å²) in [7, 11) is -3.13. The monoisotopic (exact) mass is 318 g/mol. The molecule has 0 spiro atoms. The maximum absolute atomic E-state index is 12.1. The molecule has 0 aliphatic carbocycles. The number of sulfone groups is 1. The third-order valence-electron chi connectivity index (χ3n) is 2.60. The highest BCUT2D eigenvalue weighted by Crippen LogP contribution is 2.17. The van der Waals surface area contributed by atoms with Crippen LogP contribution in [0.4, 0.5) is 0 Å². The highest BCUT2D eigenvalue weighted by atomic mass is 35.5. The molecule has 0 aromatic carbocycles. The van der Waals surface area contributed by atoms with E-state index in [4.69, 9.17) is 11.6 Å². The Balaban J connectivity index is 2.87. The summed E-state index contributed by atoms with van der Waals surface area (Å²) in [6, 6.07) is 2.67. The van der Waals surface area contributed by atoms with Crippen LogP contribution >= 0.6 is 11.6 Å². The number of hydrogen-bond acceptors (Lipinski definition) is 4. The topological polar surface area (TPSA) is 76.1 Å². The Hall–Kier alpha value is -1.14. The normalized spacial score (nSPS) is 13.3. The van der Waals surface area contributed by atoms with E-state index in [0.29, 0.717) is 5.56 Å². The van der Waals surface area contributed by atoms with Crippen LogP contribution in [0.15, 0.2) is 12.1 Å². The summed E-state index contributed by atoms with van der Waals surface area (Å²) in [6.07, 6.45) is 1.13. The molecule has 0 radical (unpaired) electrons. The fraction of sp³-hybridized carbons (Fsp3) is 0.538. The van der Waals surface area contributed by atoms with Crippen molar-refractivity contribution in [2.75, 3.05) is 12.0 Å². The molecule has 7 heteroatoms. The summed E-state index contributed by atoms with van der Waals surface area (Å²) in [6.45, 7) is 5.55. The summed E-state index contributed by atoms with van der Waals surface area (Å²) >= 11 is 5.89. The number of halogens is 1. The molecular formula is C13H19ClN2O3S. The number of nitrogens with zero attached hydrogens (tertiary/aromatic N) is 1. The number of hydrogen-bond donors (Lipinski definition) is 1. The van der Waals surface area contributed by atoms with Gasteiger partial charge in [-0.2, -0.15) is 0 Å². The smallest absolute Gasteiger partial charge is 0.251 e. The summed E-state index contributed by atoms with van der Waals surface area (Å²) in [5.74, 6) is -0.310. The Kier molecular flexibility index (Phi) is 5.53. The third-order valence-corrected chi connectivity index (χ3v) is 3.90. The van der Waals surface area contributed by atoms with E-state index in [9.17, 15) is 13.2 Å². The van der Waals surface area contributed by atoms with Crippen molar-refractivity contribution in [3.05, 3.63) is 28.5 Å². The van der Waals surface area contributed by atoms with Crippen molar-refractivity contribution >= 4 is 27.3 Å². The average molecular weight is 319 g/mol. The van der Waals surface area contributed by atoms with E-state index < -0.39 is 15.9 Å². The van der Waals surface area contributed by atoms with Crippen LogP contribution < -0.4 is 5.32 Å². The van der Waals surface area contributed by atoms with Crippen LogP contribution in [-0.2, 0) is 9.84 Å². The number of rotatable bonds is 5. The Labute approximate surface area is 124 Å². The van der Waals surface area contributed by atoms with E-state index in [0.717, 1.165) is 11.9 Å². The SMILES string of the molecule is CC(CS(C)(=O)=O)NC(=O)c1cc(Cl)nc(C(C)C)c1. The molecule has 1 atom stereocenters. The molecule has 0 fully saturated rings. The molecule has 1 aromatic rings. The third kappa shape index (κ3) is 5.46. The number of pyridine rings is 1. The second-order valence-corrected chi connectivity index (χ2v) is 7.80. The van der Waals surface area contributed by atoms with Crippen molar-refractivity contribution in [1.29, 1.82) is 0 Å². The van der Waals surface area contributed by atoms with Crippen LogP contribution in [-0.4, -0.2) is 37.4 Å². The predicted octanol–water partition coefficient (Wildman–Crippen LogP) is 2.02. The number of carbonyl (C=O) groups excluding carboxylic acids is 1. The van der Waals surface area contributed by atoms with Gasteiger partial charge in [0.05, 0.1) is 5.75 Å². The molecule has 1 N–H and O–H groups in total. The van der Waals surface area contributed by atoms with Crippen molar-refractivity contribution in [2.24, 2.45) is 0 Å². The Bertz CT molecular complexity index is 600. The van der Waals surface area contributed by atoms with Gasteiger partial charge in [-0.25, -0.2) is 13.4 Å². The lowest BCUT2D eigenvalue weighted by molar-refractivity contribution is 0.0943. The molecule has 1 heterocycles. The number of nitrogens with one attached hydrogen (secondary N) is 1. The second kappa shape index (κ2) is 6.54. The van der Waals surface area contributed by atoms with Gasteiger partial charge in [0, 0.05) is 23.6 Å². The standard InChI is InChI=1S/C13H19ClN2O3S/c1-8(2)11-5-10(6-12(14)16-11)13(17)15-9(3)7-20(4,18)19/h5-6,8-9H,7H2,1-4H3,(H,15,17). The van der Waals surface area contributed by atoms with E-state index in [1.54, 1.807) is 13.0 Å². The maximum Gasteiger partial charge on any atom is 0.251 e. The molecule has 0 bridgehead atoms. The fourth-order valence-electron chi connectivity index (χ4n) is 1.75. The molecular weight excluding hydrogens is 300 g/mol. The fourth-order valence-corrected chi connectivity index (χ4v) is 2.95. The highest BCUT2D eigenvalue weighted by molar-refractivity contribution is 7.90. The Morgan fingerprint density at radius 3 is 2.45 bits per heavy atom. The Morgan fingerprint density at radius 1 is 1.35 bits per heavy atom. The van der Waals surface area contributed by atoms with Crippen LogP contribution in [0.5, 0.6) is 0 Å². The van der Waals surface area contributed by atoms with E-state index in [-0.39, 0.29) is 22.7 Å². The van der Waals surface area contributed by atoms with Gasteiger partial charge in [0.1, 0.15) is 15.0 Å². The van der Waals surface area contributed by atoms with Gasteiger partial charge in [0.2, 0.25) is 0 Å². The summed E-state index contributed by atoms with van der Waals surface area (Å²) in [5.41, 5.74) is 1.10. The highest BCUT2D eigenvalue weighted by Gasteiger charge is 2.16. The first-order chi connectivity index (χ1) is 9.08. The molecule has 0 saturated heterocycles. The average Bonchev–Trinajstić information content (AvgIpc) is 2.25. The van der Waals surface area contributed by atoms with Gasteiger partial charge in [-0.1, -0.05) is 25.4 Å². The number of carbonyl (C=O) groups is 1. The van der Waals surface area contributed by atoms with Crippen LogP contribution in [0.3, 0.4) is 0 Å². The van der Waals surface area contributed by atoms with Crippen molar-refractivity contribution in [3.63, 3.8) is 0 Å². The van der Waals surface area contributed by atoms with Crippen LogP contribution in [0, 0.1) is 0 Å². The zero-order valence-corrected chi connectivity index (χ0v) is 13.5. The van der Waals surface area contributed by atoms with Crippen molar-refractivity contribution in [3.8, 4) is 0 Å². The van der Waals surface area contributed by atoms with Crippen molar-refractivity contribution in [1.82, 2.24) is 10.3 Å². The minimum Gasteiger partial charge on any atom is -0.349 e. The van der Waals surface area contributed by atoms with Gasteiger partial charge in [0.25, 0.3) is 5.91 Å². The van der Waals surface area contributed by atoms with Gasteiger partial charge in [-0.15, -0.1) is 0 Å². The van der Waals surface area contributed by atoms with Crippen LogP contribution in [0.25, 0.3) is 0 Å². The molecule has 0 aliphatic heterocycles. The Morgan fingerprint density at radius 2 is 1.95 bits per heavy atom. The quantitative estimate of drug-likeness (QED) is 0.843. The second-order valence-electron chi connectivity index (χ2n) is 5.23. The zero-order valence-electron chi connectivity index (χ0n) is 12.0. The van der Waals surface area contributed by atoms with Gasteiger partial charge >= 0.3 is 0 Å². The van der Waals surface area contributed by atoms with Gasteiger partial charge < -0.3 is 5.32 Å². The lowest BCUT2D eigenvalue weighted by Crippen LogP contribution is -2.37. The molecule has 112 valence electrons. The first-order valence-electron chi connectivity index (χ1n) is 6.24. The lowest BCUT2D eigenvalue weighted by atomic mass is 10.1. The molecule has 1 amide bonds. The van der Waals surface area contributed by atoms with E-state index in [1.807, 2.05) is 13.8 Å². The molecule has 1 rings (SSSR count). The van der Waals surface area contributed by atoms with Gasteiger partial charge in [-0.3, -0.25) is 4.79 Å². The summed E-state index contributed by atoms with van der Waals surface area (Å²) in [5, 5.41) is 2.89. The van der Waals surface area contributed by atoms with Crippen molar-refractivity contribution < 1.29 is 13.2 Å². The molecule has 5 nitrogen and oxygen atoms in total. The largest absolute Gasteiger partial charge is 0.349 e. The van der Waals surface area contributed by atoms with Gasteiger partial charge in [-0.05, 0) is 25.0 Å². The first-order valence-corrected chi connectivity index (χ1v) is 8.68.